The van der Waals surface area contributed by atoms with Gasteiger partial charge in [-0.05, 0) is 31.5 Å². The maximum atomic E-state index is 6.15. The number of nitrogens with one attached hydrogen (secondary N) is 1. The summed E-state index contributed by atoms with van der Waals surface area (Å²) in [5.41, 5.74) is 7.39. The Balaban J connectivity index is 1.93. The zero-order valence-electron chi connectivity index (χ0n) is 12.4. The van der Waals surface area contributed by atoms with Crippen molar-refractivity contribution >= 4 is 0 Å². The normalized spacial score (nSPS) is 12.5. The fourth-order valence-corrected chi connectivity index (χ4v) is 2.28. The minimum Gasteiger partial charge on any atom is -0.324 e. The molecule has 0 radical (unpaired) electrons. The van der Waals surface area contributed by atoms with Crippen LogP contribution in [0.1, 0.15) is 63.5 Å². The lowest BCUT2D eigenvalue weighted by Gasteiger charge is -2.12. The van der Waals surface area contributed by atoms with Crippen molar-refractivity contribution in [2.45, 2.75) is 57.9 Å². The summed E-state index contributed by atoms with van der Waals surface area (Å²) in [5.74, 6) is 0. The molecule has 0 aliphatic rings. The van der Waals surface area contributed by atoms with Gasteiger partial charge in [0, 0.05) is 6.04 Å². The lowest BCUT2D eigenvalue weighted by atomic mass is 10.1. The van der Waals surface area contributed by atoms with Crippen LogP contribution in [0.15, 0.2) is 30.3 Å². The molecule has 0 saturated heterocycles. The van der Waals surface area contributed by atoms with Crippen molar-refractivity contribution in [3.63, 3.8) is 0 Å². The minimum atomic E-state index is 0.165. The molecule has 2 heteroatoms. The largest absolute Gasteiger partial charge is 0.324 e. The summed E-state index contributed by atoms with van der Waals surface area (Å²) < 4.78 is 0. The van der Waals surface area contributed by atoms with Crippen molar-refractivity contribution in [2.24, 2.45) is 5.73 Å². The molecule has 0 saturated carbocycles. The number of nitrogens with two attached hydrogens (primary N) is 1. The number of benzene rings is 1. The minimum absolute atomic E-state index is 0.165. The molecule has 0 aliphatic carbocycles. The Morgan fingerprint density at radius 3 is 2.37 bits per heavy atom. The van der Waals surface area contributed by atoms with Crippen molar-refractivity contribution < 1.29 is 0 Å². The van der Waals surface area contributed by atoms with Crippen LogP contribution in [0.4, 0.5) is 0 Å². The van der Waals surface area contributed by atoms with Gasteiger partial charge in [-0.1, -0.05) is 69.4 Å². The smallest absolute Gasteiger partial charge is 0.0306 e. The Bertz CT molecular complexity index is 297. The highest BCUT2D eigenvalue weighted by molar-refractivity contribution is 5.18. The Hall–Kier alpha value is -0.860. The van der Waals surface area contributed by atoms with E-state index in [0.29, 0.717) is 0 Å². The molecule has 0 fully saturated rings. The zero-order valence-corrected chi connectivity index (χ0v) is 12.4. The third kappa shape index (κ3) is 8.02. The maximum Gasteiger partial charge on any atom is 0.0306 e. The van der Waals surface area contributed by atoms with Gasteiger partial charge in [0.2, 0.25) is 0 Å². The second-order valence-corrected chi connectivity index (χ2v) is 5.32. The molecule has 1 aromatic rings. The van der Waals surface area contributed by atoms with E-state index < -0.39 is 0 Å². The fraction of sp³-hybridized carbons (Fsp3) is 0.647. The lowest BCUT2D eigenvalue weighted by molar-refractivity contribution is 0.542. The van der Waals surface area contributed by atoms with Crippen LogP contribution in [0.25, 0.3) is 0 Å². The van der Waals surface area contributed by atoms with Crippen molar-refractivity contribution in [1.29, 1.82) is 0 Å². The van der Waals surface area contributed by atoms with Crippen LogP contribution in [0, 0.1) is 0 Å². The number of hydrogen-bond donors (Lipinski definition) is 2. The molecule has 1 unspecified atom stereocenters. The summed E-state index contributed by atoms with van der Waals surface area (Å²) in [6.45, 7) is 4.41. The standard InChI is InChI=1S/C17H30N2/c1-2-3-4-5-6-10-14-19-15-13-17(18)16-11-8-7-9-12-16/h7-9,11-12,17,19H,2-6,10,13-15,18H2,1H3. The Morgan fingerprint density at radius 2 is 1.63 bits per heavy atom. The SMILES string of the molecule is CCCCCCCCNCCC(N)c1ccccc1. The highest BCUT2D eigenvalue weighted by Crippen LogP contribution is 2.12. The van der Waals surface area contributed by atoms with E-state index in [4.69, 9.17) is 5.73 Å². The first-order valence-electron chi connectivity index (χ1n) is 7.86. The average molecular weight is 262 g/mol. The molecule has 1 atom stereocenters. The first-order valence-corrected chi connectivity index (χ1v) is 7.86. The van der Waals surface area contributed by atoms with Crippen molar-refractivity contribution in [3.05, 3.63) is 35.9 Å². The van der Waals surface area contributed by atoms with Crippen molar-refractivity contribution in [2.75, 3.05) is 13.1 Å². The molecule has 19 heavy (non-hydrogen) atoms. The number of hydrogen-bond acceptors (Lipinski definition) is 2. The number of rotatable bonds is 11. The van der Waals surface area contributed by atoms with Gasteiger partial charge in [-0.2, -0.15) is 0 Å². The molecule has 2 nitrogen and oxygen atoms in total. The van der Waals surface area contributed by atoms with Gasteiger partial charge in [-0.15, -0.1) is 0 Å². The van der Waals surface area contributed by atoms with E-state index in [2.05, 4.69) is 36.5 Å². The van der Waals surface area contributed by atoms with Gasteiger partial charge in [0.05, 0.1) is 0 Å². The van der Waals surface area contributed by atoms with Crippen molar-refractivity contribution in [1.82, 2.24) is 5.32 Å². The van der Waals surface area contributed by atoms with E-state index in [9.17, 15) is 0 Å². The van der Waals surface area contributed by atoms with Crippen molar-refractivity contribution in [3.8, 4) is 0 Å². The monoisotopic (exact) mass is 262 g/mol. The predicted octanol–water partition coefficient (Wildman–Crippen LogP) is 4.03. The zero-order chi connectivity index (χ0) is 13.8. The van der Waals surface area contributed by atoms with Gasteiger partial charge in [0.1, 0.15) is 0 Å². The summed E-state index contributed by atoms with van der Waals surface area (Å²) in [7, 11) is 0. The van der Waals surface area contributed by atoms with Gasteiger partial charge in [-0.25, -0.2) is 0 Å². The average Bonchev–Trinajstić information content (AvgIpc) is 2.46. The molecule has 0 heterocycles. The third-order valence-electron chi connectivity index (χ3n) is 3.57. The van der Waals surface area contributed by atoms with Crippen LogP contribution in [0.3, 0.4) is 0 Å². The van der Waals surface area contributed by atoms with Crippen LogP contribution >= 0.6 is 0 Å². The van der Waals surface area contributed by atoms with E-state index in [1.54, 1.807) is 0 Å². The molecule has 1 aromatic carbocycles. The van der Waals surface area contributed by atoms with E-state index in [-0.39, 0.29) is 6.04 Å². The molecule has 0 aliphatic heterocycles. The Kier molecular flexibility index (Phi) is 9.38. The molecule has 108 valence electrons. The fourth-order valence-electron chi connectivity index (χ4n) is 2.28. The molecule has 0 bridgehead atoms. The van der Waals surface area contributed by atoms with E-state index in [0.717, 1.165) is 19.5 Å². The molecule has 0 amide bonds. The summed E-state index contributed by atoms with van der Waals surface area (Å²) in [5, 5.41) is 3.50. The highest BCUT2D eigenvalue weighted by atomic mass is 14.9. The van der Waals surface area contributed by atoms with Gasteiger partial charge in [0.15, 0.2) is 0 Å². The van der Waals surface area contributed by atoms with Crippen LogP contribution in [-0.4, -0.2) is 13.1 Å². The molecular formula is C17H30N2. The van der Waals surface area contributed by atoms with Crippen LogP contribution in [-0.2, 0) is 0 Å². The van der Waals surface area contributed by atoms with Crippen LogP contribution in [0.5, 0.6) is 0 Å². The predicted molar refractivity (Wildman–Crippen MR) is 84.2 cm³/mol. The molecule has 0 spiro atoms. The molecule has 0 aromatic heterocycles. The molecule has 1 rings (SSSR count). The molecule has 3 N–H and O–H groups in total. The summed E-state index contributed by atoms with van der Waals surface area (Å²) in [6.07, 6.45) is 9.17. The van der Waals surface area contributed by atoms with E-state index in [1.807, 2.05) is 6.07 Å². The first kappa shape index (κ1) is 16.2. The Labute approximate surface area is 118 Å². The highest BCUT2D eigenvalue weighted by Gasteiger charge is 2.03. The Morgan fingerprint density at radius 1 is 0.947 bits per heavy atom. The topological polar surface area (TPSA) is 38.0 Å². The summed E-state index contributed by atoms with van der Waals surface area (Å²) in [4.78, 5) is 0. The third-order valence-corrected chi connectivity index (χ3v) is 3.57. The summed E-state index contributed by atoms with van der Waals surface area (Å²) >= 11 is 0. The van der Waals surface area contributed by atoms with Gasteiger partial charge < -0.3 is 11.1 Å². The number of unbranched alkanes of at least 4 members (excludes halogenated alkanes) is 5. The summed E-state index contributed by atoms with van der Waals surface area (Å²) in [6, 6.07) is 10.5. The quantitative estimate of drug-likeness (QED) is 0.591. The second kappa shape index (κ2) is 11.0. The van der Waals surface area contributed by atoms with Gasteiger partial charge in [-0.3, -0.25) is 0 Å². The van der Waals surface area contributed by atoms with Gasteiger partial charge >= 0.3 is 0 Å². The maximum absolute atomic E-state index is 6.15. The van der Waals surface area contributed by atoms with E-state index in [1.165, 1.54) is 44.1 Å². The second-order valence-electron chi connectivity index (χ2n) is 5.32. The first-order chi connectivity index (χ1) is 9.34. The van der Waals surface area contributed by atoms with E-state index >= 15 is 0 Å². The molecular weight excluding hydrogens is 232 g/mol. The van der Waals surface area contributed by atoms with Crippen LogP contribution in [0.2, 0.25) is 0 Å². The van der Waals surface area contributed by atoms with Gasteiger partial charge in [0.25, 0.3) is 0 Å². The lowest BCUT2D eigenvalue weighted by Crippen LogP contribution is -2.22. The van der Waals surface area contributed by atoms with Crippen LogP contribution < -0.4 is 11.1 Å².